The van der Waals surface area contributed by atoms with Crippen LogP contribution < -0.4 is 15.1 Å². The van der Waals surface area contributed by atoms with Crippen molar-refractivity contribution in [3.8, 4) is 11.8 Å². The van der Waals surface area contributed by atoms with E-state index in [1.54, 1.807) is 12.1 Å². The average molecular weight is 745 g/mol. The molecule has 0 spiro atoms. The first-order valence-corrected chi connectivity index (χ1v) is 17.3. The first-order valence-electron chi connectivity index (χ1n) is 14.0. The maximum Gasteiger partial charge on any atom is 0.355 e. The summed E-state index contributed by atoms with van der Waals surface area (Å²) in [5, 5.41) is 23.9. The second-order valence-corrected chi connectivity index (χ2v) is 14.6. The highest BCUT2D eigenvalue weighted by Crippen LogP contribution is 2.32. The summed E-state index contributed by atoms with van der Waals surface area (Å²) < 4.78 is 72.2. The number of hydrogen-bond donors (Lipinski definition) is 4. The monoisotopic (exact) mass is 744 g/mol. The lowest BCUT2D eigenvalue weighted by molar-refractivity contribution is -0.130. The third kappa shape index (κ3) is 8.23. The molecule has 5 rings (SSSR count). The number of hydrogen-bond acceptors (Lipinski definition) is 14. The van der Waals surface area contributed by atoms with Crippen molar-refractivity contribution in [1.29, 1.82) is 0 Å². The van der Waals surface area contributed by atoms with Crippen molar-refractivity contribution >= 4 is 72.4 Å². The summed E-state index contributed by atoms with van der Waals surface area (Å²) in [5.41, 5.74) is -0.511. The number of ether oxygens (including phenoxy) is 1. The van der Waals surface area contributed by atoms with Crippen LogP contribution in [-0.2, 0) is 35.2 Å². The fourth-order valence-corrected chi connectivity index (χ4v) is 5.63. The predicted molar refractivity (Wildman–Crippen MR) is 177 cm³/mol. The quantitative estimate of drug-likeness (QED) is 0.126. The summed E-state index contributed by atoms with van der Waals surface area (Å²) in [5.74, 6) is -2.43. The van der Waals surface area contributed by atoms with Crippen LogP contribution >= 0.6 is 11.6 Å². The van der Waals surface area contributed by atoms with Crippen molar-refractivity contribution in [2.24, 2.45) is 15.3 Å². The molecule has 21 heteroatoms. The van der Waals surface area contributed by atoms with Crippen molar-refractivity contribution in [2.45, 2.75) is 42.0 Å². The lowest BCUT2D eigenvalue weighted by Gasteiger charge is -2.19. The van der Waals surface area contributed by atoms with Crippen LogP contribution in [0, 0.1) is 0 Å². The van der Waals surface area contributed by atoms with E-state index in [2.05, 4.69) is 35.6 Å². The number of amides is 1. The Balaban J connectivity index is 1.40. The Morgan fingerprint density at radius 1 is 0.960 bits per heavy atom. The van der Waals surface area contributed by atoms with Gasteiger partial charge in [-0.2, -0.15) is 52.1 Å². The van der Waals surface area contributed by atoms with Crippen LogP contribution in [0.25, 0.3) is 0 Å². The predicted octanol–water partition coefficient (Wildman–Crippen LogP) is 4.79. The molecule has 4 aromatic rings. The Morgan fingerprint density at radius 2 is 1.66 bits per heavy atom. The summed E-state index contributed by atoms with van der Waals surface area (Å²) in [4.78, 5) is 35.8. The van der Waals surface area contributed by atoms with Crippen LogP contribution in [0.3, 0.4) is 0 Å². The summed E-state index contributed by atoms with van der Waals surface area (Å²) in [6, 6.07) is 12.6. The number of anilines is 3. The zero-order valence-corrected chi connectivity index (χ0v) is 28.3. The van der Waals surface area contributed by atoms with E-state index in [-0.39, 0.29) is 34.0 Å². The molecular weight excluding hydrogens is 720 g/mol. The molecular formula is C29H25ClN8O10S2. The van der Waals surface area contributed by atoms with Gasteiger partial charge in [-0.25, -0.2) is 4.79 Å². The highest BCUT2D eigenvalue weighted by Gasteiger charge is 2.41. The average Bonchev–Trinajstić information content (AvgIpc) is 3.35. The lowest BCUT2D eigenvalue weighted by atomic mass is 9.87. The first kappa shape index (κ1) is 35.9. The number of hydrazone groups is 1. The van der Waals surface area contributed by atoms with E-state index >= 15 is 0 Å². The van der Waals surface area contributed by atoms with Crippen LogP contribution in [0.15, 0.2) is 91.9 Å². The molecule has 2 heterocycles. The van der Waals surface area contributed by atoms with Gasteiger partial charge in [0.05, 0.1) is 10.6 Å². The third-order valence-electron chi connectivity index (χ3n) is 6.78. The molecule has 1 aromatic heterocycles. The van der Waals surface area contributed by atoms with Crippen molar-refractivity contribution in [3.05, 3.63) is 77.6 Å². The maximum absolute atomic E-state index is 13.1. The molecule has 0 fully saturated rings. The molecule has 260 valence electrons. The number of nitrogens with zero attached hydrogens (tertiary/aromatic N) is 7. The Bertz CT molecular complexity index is 2300. The lowest BCUT2D eigenvalue weighted by Crippen LogP contribution is -2.33. The van der Waals surface area contributed by atoms with Gasteiger partial charge in [0.2, 0.25) is 17.3 Å². The minimum atomic E-state index is -4.99. The van der Waals surface area contributed by atoms with Crippen LogP contribution in [0.5, 0.6) is 11.8 Å². The number of aromatic nitrogens is 3. The van der Waals surface area contributed by atoms with Crippen molar-refractivity contribution in [2.75, 3.05) is 10.3 Å². The van der Waals surface area contributed by atoms with E-state index in [0.717, 1.165) is 42.0 Å². The SMILES string of the molecule is CC(C)(C)c1cccc(Oc2nc(Cl)nc(Nc3ccc(N=NC4C(=O)N(c5ccc(S(=O)(=O)O)cc5)N=C4C(=O)O)c(S(=O)(=O)O)c3)n2)c1. The number of halogens is 1. The Labute approximate surface area is 289 Å². The number of benzene rings is 3. The standard InChI is InChI=1S/C29H25ClN8O10S2/c1-29(2,3)15-5-4-6-18(13-15)48-28-33-26(30)32-27(34-28)31-16-7-12-20(21(14-16)50(45,46)47)35-36-22-23(25(40)41)37-38(24(22)39)17-8-10-19(11-9-17)49(42,43)44/h4-14,22H,1-3H3,(H,40,41)(H,42,43,44)(H,45,46,47)(H,31,32,33,34). The molecule has 0 saturated heterocycles. The van der Waals surface area contributed by atoms with E-state index in [9.17, 15) is 40.6 Å². The molecule has 1 unspecified atom stereocenters. The number of carbonyl (C=O) groups excluding carboxylic acids is 1. The molecule has 0 bridgehead atoms. The van der Waals surface area contributed by atoms with E-state index < -0.39 is 59.3 Å². The number of carboxylic acid groups (broad SMARTS) is 1. The topological polar surface area (TPSA) is 263 Å². The molecule has 1 amide bonds. The van der Waals surface area contributed by atoms with Gasteiger partial charge in [-0.15, -0.1) is 0 Å². The summed E-state index contributed by atoms with van der Waals surface area (Å²) in [6.45, 7) is 6.10. The van der Waals surface area contributed by atoms with Crippen LogP contribution in [0.2, 0.25) is 5.28 Å². The van der Waals surface area contributed by atoms with Crippen molar-refractivity contribution in [3.63, 3.8) is 0 Å². The fraction of sp³-hybridized carbons (Fsp3) is 0.172. The first-order chi connectivity index (χ1) is 23.3. The van der Waals surface area contributed by atoms with Crippen LogP contribution in [0.4, 0.5) is 23.0 Å². The van der Waals surface area contributed by atoms with Crippen molar-refractivity contribution in [1.82, 2.24) is 15.0 Å². The van der Waals surface area contributed by atoms with E-state index in [1.165, 1.54) is 6.07 Å². The van der Waals surface area contributed by atoms with Crippen LogP contribution in [-0.4, -0.2) is 69.6 Å². The molecule has 4 N–H and O–H groups in total. The highest BCUT2D eigenvalue weighted by atomic mass is 35.5. The van der Waals surface area contributed by atoms with E-state index in [4.69, 9.17) is 16.3 Å². The van der Waals surface area contributed by atoms with Gasteiger partial charge < -0.3 is 15.2 Å². The smallest absolute Gasteiger partial charge is 0.355 e. The molecule has 50 heavy (non-hydrogen) atoms. The molecule has 0 saturated carbocycles. The molecule has 1 aliphatic rings. The summed E-state index contributed by atoms with van der Waals surface area (Å²) >= 11 is 6.08. The molecule has 0 radical (unpaired) electrons. The number of azo groups is 1. The second kappa shape index (κ2) is 13.5. The largest absolute Gasteiger partial charge is 0.477 e. The summed E-state index contributed by atoms with van der Waals surface area (Å²) in [7, 11) is -9.54. The van der Waals surface area contributed by atoms with Gasteiger partial charge >= 0.3 is 12.0 Å². The second-order valence-electron chi connectivity index (χ2n) is 11.4. The number of nitrogens with one attached hydrogen (secondary N) is 1. The number of rotatable bonds is 10. The number of carbonyl (C=O) groups is 2. The van der Waals surface area contributed by atoms with Gasteiger partial charge in [-0.3, -0.25) is 13.9 Å². The van der Waals surface area contributed by atoms with Gasteiger partial charge in [-0.1, -0.05) is 32.9 Å². The molecule has 3 aromatic carbocycles. The van der Waals surface area contributed by atoms with Gasteiger partial charge in [0.1, 0.15) is 16.3 Å². The van der Waals surface area contributed by atoms with Gasteiger partial charge in [0, 0.05) is 5.69 Å². The minimum absolute atomic E-state index is 0.0174. The Hall–Kier alpha value is -5.41. The Kier molecular flexibility index (Phi) is 9.67. The van der Waals surface area contributed by atoms with Crippen LogP contribution in [0.1, 0.15) is 26.3 Å². The maximum atomic E-state index is 13.1. The normalized spacial score (nSPS) is 15.3. The van der Waals surface area contributed by atoms with Gasteiger partial charge in [-0.05, 0) is 77.2 Å². The zero-order valence-electron chi connectivity index (χ0n) is 26.0. The molecule has 18 nitrogen and oxygen atoms in total. The van der Waals surface area contributed by atoms with Crippen molar-refractivity contribution < 1.29 is 45.4 Å². The highest BCUT2D eigenvalue weighted by molar-refractivity contribution is 7.86. The summed E-state index contributed by atoms with van der Waals surface area (Å²) in [6.07, 6.45) is 0. The van der Waals surface area contributed by atoms with E-state index in [1.807, 2.05) is 32.9 Å². The van der Waals surface area contributed by atoms with Gasteiger partial charge in [0.25, 0.3) is 26.1 Å². The molecule has 1 aliphatic heterocycles. The zero-order chi connectivity index (χ0) is 36.6. The third-order valence-corrected chi connectivity index (χ3v) is 8.70. The number of carboxylic acids is 1. The number of aliphatic carboxylic acids is 1. The molecule has 1 atom stereocenters. The minimum Gasteiger partial charge on any atom is -0.477 e. The molecule has 0 aliphatic carbocycles. The van der Waals surface area contributed by atoms with Gasteiger partial charge in [0.15, 0.2) is 5.71 Å². The van der Waals surface area contributed by atoms with E-state index in [0.29, 0.717) is 10.8 Å². The fourth-order valence-electron chi connectivity index (χ4n) is 4.35. The Morgan fingerprint density at radius 3 is 2.28 bits per heavy atom.